The van der Waals surface area contributed by atoms with Crippen molar-refractivity contribution in [3.63, 3.8) is 0 Å². The fourth-order valence-corrected chi connectivity index (χ4v) is 1.63. The first-order chi connectivity index (χ1) is 10.4. The van der Waals surface area contributed by atoms with Crippen LogP contribution in [0, 0.1) is 11.6 Å². The largest absolute Gasteiger partial charge is 0.383 e. The molecule has 9 heteroatoms. The molecule has 23 heavy (non-hydrogen) atoms. The van der Waals surface area contributed by atoms with Crippen molar-refractivity contribution in [1.29, 1.82) is 0 Å². The molecule has 0 aromatic heterocycles. The summed E-state index contributed by atoms with van der Waals surface area (Å²) in [7, 11) is 3.02. The molecular formula is C14H20ClF2N3O3. The summed E-state index contributed by atoms with van der Waals surface area (Å²) >= 11 is 0. The van der Waals surface area contributed by atoms with E-state index in [0.717, 1.165) is 12.1 Å². The Labute approximate surface area is 139 Å². The van der Waals surface area contributed by atoms with Gasteiger partial charge in [-0.05, 0) is 12.1 Å². The van der Waals surface area contributed by atoms with Crippen LogP contribution in [-0.4, -0.2) is 57.1 Å². The van der Waals surface area contributed by atoms with Crippen molar-refractivity contribution in [3.8, 4) is 0 Å². The maximum atomic E-state index is 13.0. The number of anilines is 1. The lowest BCUT2D eigenvalue weighted by Gasteiger charge is -2.17. The summed E-state index contributed by atoms with van der Waals surface area (Å²) in [6, 6.07) is 2.70. The summed E-state index contributed by atoms with van der Waals surface area (Å²) in [5.41, 5.74) is 0.00145. The van der Waals surface area contributed by atoms with Crippen molar-refractivity contribution in [1.82, 2.24) is 10.2 Å². The van der Waals surface area contributed by atoms with E-state index >= 15 is 0 Å². The third kappa shape index (κ3) is 8.44. The molecule has 0 fully saturated rings. The Kier molecular flexibility index (Phi) is 10.0. The molecule has 0 aliphatic heterocycles. The van der Waals surface area contributed by atoms with E-state index in [2.05, 4.69) is 10.6 Å². The number of ether oxygens (including phenoxy) is 1. The molecule has 0 aliphatic carbocycles. The quantitative estimate of drug-likeness (QED) is 0.686. The second-order valence-electron chi connectivity index (χ2n) is 4.63. The third-order valence-corrected chi connectivity index (χ3v) is 2.71. The summed E-state index contributed by atoms with van der Waals surface area (Å²) in [4.78, 5) is 24.7. The highest BCUT2D eigenvalue weighted by Crippen LogP contribution is 2.12. The summed E-state index contributed by atoms with van der Waals surface area (Å²) in [5.74, 6) is -2.40. The van der Waals surface area contributed by atoms with E-state index in [1.807, 2.05) is 0 Å². The predicted molar refractivity (Wildman–Crippen MR) is 84.6 cm³/mol. The molecule has 0 radical (unpaired) electrons. The molecule has 0 heterocycles. The number of nitrogens with one attached hydrogen (secondary N) is 2. The summed E-state index contributed by atoms with van der Waals surface area (Å²) in [5, 5.41) is 5.19. The Hall–Kier alpha value is -1.77. The summed E-state index contributed by atoms with van der Waals surface area (Å²) in [6.45, 7) is 0.845. The van der Waals surface area contributed by atoms with Crippen LogP contribution in [0.5, 0.6) is 0 Å². The molecular weight excluding hydrogens is 332 g/mol. The van der Waals surface area contributed by atoms with Crippen molar-refractivity contribution >= 4 is 29.9 Å². The fourth-order valence-electron chi connectivity index (χ4n) is 1.63. The van der Waals surface area contributed by atoms with E-state index in [9.17, 15) is 18.4 Å². The molecule has 1 aromatic carbocycles. The zero-order valence-corrected chi connectivity index (χ0v) is 13.7. The first-order valence-corrected chi connectivity index (χ1v) is 6.62. The van der Waals surface area contributed by atoms with Gasteiger partial charge in [0.25, 0.3) is 0 Å². The van der Waals surface area contributed by atoms with Crippen LogP contribution in [0.4, 0.5) is 14.5 Å². The number of methoxy groups -OCH3 is 1. The van der Waals surface area contributed by atoms with Crippen molar-refractivity contribution in [3.05, 3.63) is 29.8 Å². The highest BCUT2D eigenvalue weighted by Gasteiger charge is 2.13. The van der Waals surface area contributed by atoms with Crippen LogP contribution in [0.15, 0.2) is 18.2 Å². The van der Waals surface area contributed by atoms with Gasteiger partial charge < -0.3 is 20.3 Å². The van der Waals surface area contributed by atoms with E-state index in [1.54, 1.807) is 7.11 Å². The third-order valence-electron chi connectivity index (χ3n) is 2.71. The monoisotopic (exact) mass is 351 g/mol. The van der Waals surface area contributed by atoms with Crippen LogP contribution in [0.1, 0.15) is 0 Å². The van der Waals surface area contributed by atoms with E-state index in [4.69, 9.17) is 4.74 Å². The van der Waals surface area contributed by atoms with E-state index in [-0.39, 0.29) is 37.1 Å². The number of amides is 2. The van der Waals surface area contributed by atoms with Crippen LogP contribution in [0.3, 0.4) is 0 Å². The Morgan fingerprint density at radius 2 is 1.83 bits per heavy atom. The molecule has 2 amide bonds. The first kappa shape index (κ1) is 21.2. The van der Waals surface area contributed by atoms with Gasteiger partial charge in [0.1, 0.15) is 11.6 Å². The maximum absolute atomic E-state index is 13.0. The minimum Gasteiger partial charge on any atom is -0.383 e. The molecule has 1 rings (SSSR count). The highest BCUT2D eigenvalue weighted by atomic mass is 35.5. The van der Waals surface area contributed by atoms with Gasteiger partial charge in [0.15, 0.2) is 0 Å². The normalized spacial score (nSPS) is 9.91. The Balaban J connectivity index is 0.00000484. The number of likely N-dealkylation sites (N-methyl/N-ethyl adjacent to an activating group) is 1. The SMILES string of the molecule is COCCNCC(=O)N(C)CC(=O)Nc1cc(F)cc(F)c1.Cl. The second-order valence-corrected chi connectivity index (χ2v) is 4.63. The second kappa shape index (κ2) is 10.9. The Bertz CT molecular complexity index is 512. The van der Waals surface area contributed by atoms with Crippen LogP contribution in [0.25, 0.3) is 0 Å². The van der Waals surface area contributed by atoms with E-state index in [0.29, 0.717) is 19.2 Å². The molecule has 2 N–H and O–H groups in total. The molecule has 0 aliphatic rings. The first-order valence-electron chi connectivity index (χ1n) is 6.62. The van der Waals surface area contributed by atoms with E-state index < -0.39 is 17.5 Å². The number of hydrogen-bond acceptors (Lipinski definition) is 4. The molecule has 0 saturated carbocycles. The number of benzene rings is 1. The summed E-state index contributed by atoms with van der Waals surface area (Å²) in [6.07, 6.45) is 0. The minimum absolute atomic E-state index is 0. The van der Waals surface area contributed by atoms with Crippen LogP contribution >= 0.6 is 12.4 Å². The van der Waals surface area contributed by atoms with Gasteiger partial charge in [0, 0.05) is 32.5 Å². The molecule has 0 saturated heterocycles. The molecule has 0 unspecified atom stereocenters. The molecule has 6 nitrogen and oxygen atoms in total. The minimum atomic E-state index is -0.790. The Morgan fingerprint density at radius 1 is 1.22 bits per heavy atom. The molecule has 1 aromatic rings. The van der Waals surface area contributed by atoms with Gasteiger partial charge in [-0.2, -0.15) is 0 Å². The van der Waals surface area contributed by atoms with Crippen molar-refractivity contribution in [2.24, 2.45) is 0 Å². The van der Waals surface area contributed by atoms with Gasteiger partial charge in [-0.15, -0.1) is 12.4 Å². The number of rotatable bonds is 8. The van der Waals surface area contributed by atoms with Crippen molar-refractivity contribution in [2.45, 2.75) is 0 Å². The fraction of sp³-hybridized carbons (Fsp3) is 0.429. The lowest BCUT2D eigenvalue weighted by molar-refractivity contribution is -0.132. The van der Waals surface area contributed by atoms with Gasteiger partial charge in [-0.1, -0.05) is 0 Å². The highest BCUT2D eigenvalue weighted by molar-refractivity contribution is 5.94. The standard InChI is InChI=1S/C14H19F2N3O3.ClH/c1-19(14(21)8-17-3-4-22-2)9-13(20)18-12-6-10(15)5-11(16)7-12;/h5-7,17H,3-4,8-9H2,1-2H3,(H,18,20);1H. The average Bonchev–Trinajstić information content (AvgIpc) is 2.41. The van der Waals surface area contributed by atoms with Gasteiger partial charge in [0.2, 0.25) is 11.8 Å². The number of carbonyl (C=O) groups is 2. The number of carbonyl (C=O) groups excluding carboxylic acids is 2. The Morgan fingerprint density at radius 3 is 2.39 bits per heavy atom. The smallest absolute Gasteiger partial charge is 0.243 e. The predicted octanol–water partition coefficient (Wildman–Crippen LogP) is 1.02. The zero-order chi connectivity index (χ0) is 16.5. The van der Waals surface area contributed by atoms with Gasteiger partial charge >= 0.3 is 0 Å². The molecule has 130 valence electrons. The van der Waals surface area contributed by atoms with Gasteiger partial charge in [0.05, 0.1) is 19.7 Å². The number of hydrogen-bond donors (Lipinski definition) is 2. The van der Waals surface area contributed by atoms with Crippen LogP contribution in [0.2, 0.25) is 0 Å². The molecule has 0 atom stereocenters. The van der Waals surface area contributed by atoms with Crippen LogP contribution in [-0.2, 0) is 14.3 Å². The van der Waals surface area contributed by atoms with Crippen molar-refractivity contribution in [2.75, 3.05) is 45.7 Å². The molecule has 0 bridgehead atoms. The summed E-state index contributed by atoms with van der Waals surface area (Å²) < 4.78 is 30.8. The maximum Gasteiger partial charge on any atom is 0.243 e. The zero-order valence-electron chi connectivity index (χ0n) is 12.9. The number of nitrogens with zero attached hydrogens (tertiary/aromatic N) is 1. The number of halogens is 3. The van der Waals surface area contributed by atoms with Gasteiger partial charge in [-0.25, -0.2) is 8.78 Å². The van der Waals surface area contributed by atoms with E-state index in [1.165, 1.54) is 11.9 Å². The lowest BCUT2D eigenvalue weighted by atomic mass is 10.3. The average molecular weight is 352 g/mol. The topological polar surface area (TPSA) is 70.7 Å². The van der Waals surface area contributed by atoms with Gasteiger partial charge in [-0.3, -0.25) is 9.59 Å². The van der Waals surface area contributed by atoms with Crippen LogP contribution < -0.4 is 10.6 Å². The molecule has 0 spiro atoms. The van der Waals surface area contributed by atoms with Crippen molar-refractivity contribution < 1.29 is 23.1 Å². The lowest BCUT2D eigenvalue weighted by Crippen LogP contribution is -2.40.